The van der Waals surface area contributed by atoms with Crippen LogP contribution in [0.25, 0.3) is 11.4 Å². The molecule has 2 N–H and O–H groups in total. The van der Waals surface area contributed by atoms with Crippen molar-refractivity contribution in [2.45, 2.75) is 26.2 Å². The van der Waals surface area contributed by atoms with Crippen LogP contribution >= 0.6 is 11.6 Å². The van der Waals surface area contributed by atoms with Crippen LogP contribution in [0, 0.1) is 0 Å². The molecule has 0 amide bonds. The van der Waals surface area contributed by atoms with Crippen molar-refractivity contribution in [3.05, 3.63) is 29.0 Å². The van der Waals surface area contributed by atoms with E-state index in [1.54, 1.807) is 16.8 Å². The molecule has 0 radical (unpaired) electrons. The van der Waals surface area contributed by atoms with E-state index in [4.69, 9.17) is 17.3 Å². The monoisotopic (exact) mass is 264 g/mol. The maximum absolute atomic E-state index is 5.98. The molecule has 5 heteroatoms. The molecule has 2 rings (SSSR count). The molecule has 2 aromatic rings. The van der Waals surface area contributed by atoms with Crippen molar-refractivity contribution < 1.29 is 0 Å². The van der Waals surface area contributed by atoms with Gasteiger partial charge in [0.2, 0.25) is 0 Å². The summed E-state index contributed by atoms with van der Waals surface area (Å²) in [5, 5.41) is 5.06. The predicted molar refractivity (Wildman–Crippen MR) is 74.6 cm³/mol. The Morgan fingerprint density at radius 2 is 1.94 bits per heavy atom. The van der Waals surface area contributed by atoms with Gasteiger partial charge in [-0.3, -0.25) is 0 Å². The first kappa shape index (κ1) is 12.9. The molecule has 0 aliphatic carbocycles. The maximum atomic E-state index is 5.98. The number of nitrogens with two attached hydrogens (primary N) is 1. The lowest BCUT2D eigenvalue weighted by molar-refractivity contribution is 0.538. The third-order valence-corrected chi connectivity index (χ3v) is 2.92. The van der Waals surface area contributed by atoms with E-state index in [0.29, 0.717) is 10.7 Å². The summed E-state index contributed by atoms with van der Waals surface area (Å²) in [4.78, 5) is 4.57. The van der Waals surface area contributed by atoms with Gasteiger partial charge in [-0.2, -0.15) is 5.10 Å². The van der Waals surface area contributed by atoms with Crippen LogP contribution in [0.5, 0.6) is 0 Å². The molecule has 0 saturated heterocycles. The predicted octanol–water partition coefficient (Wildman–Crippen LogP) is 3.02. The van der Waals surface area contributed by atoms with Gasteiger partial charge in [-0.1, -0.05) is 32.4 Å². The SMILES string of the molecule is Cn1nc(C(C)(C)C)nc1-c1ccc(Cl)cc1N. The van der Waals surface area contributed by atoms with E-state index in [0.717, 1.165) is 17.2 Å². The minimum atomic E-state index is -0.0861. The lowest BCUT2D eigenvalue weighted by Crippen LogP contribution is -2.13. The van der Waals surface area contributed by atoms with E-state index in [1.165, 1.54) is 0 Å². The largest absolute Gasteiger partial charge is 0.398 e. The third-order valence-electron chi connectivity index (χ3n) is 2.69. The van der Waals surface area contributed by atoms with Crippen LogP contribution in [0.3, 0.4) is 0 Å². The van der Waals surface area contributed by atoms with Gasteiger partial charge in [0.25, 0.3) is 0 Å². The minimum Gasteiger partial charge on any atom is -0.398 e. The van der Waals surface area contributed by atoms with Crippen molar-refractivity contribution in [3.8, 4) is 11.4 Å². The quantitative estimate of drug-likeness (QED) is 0.806. The van der Waals surface area contributed by atoms with E-state index in [1.807, 2.05) is 13.1 Å². The Bertz CT molecular complexity index is 581. The van der Waals surface area contributed by atoms with Gasteiger partial charge in [0.15, 0.2) is 11.6 Å². The van der Waals surface area contributed by atoms with Gasteiger partial charge in [-0.25, -0.2) is 9.67 Å². The molecule has 0 fully saturated rings. The first-order valence-corrected chi connectivity index (χ1v) is 6.14. The molecule has 0 atom stereocenters. The van der Waals surface area contributed by atoms with Crippen LogP contribution in [-0.2, 0) is 12.5 Å². The number of nitrogen functional groups attached to an aromatic ring is 1. The second-order valence-corrected chi connectivity index (χ2v) is 5.80. The van der Waals surface area contributed by atoms with E-state index < -0.39 is 0 Å². The fourth-order valence-corrected chi connectivity index (χ4v) is 1.85. The zero-order valence-corrected chi connectivity index (χ0v) is 11.8. The number of aryl methyl sites for hydroxylation is 1. The average molecular weight is 265 g/mol. The molecule has 4 nitrogen and oxygen atoms in total. The summed E-state index contributed by atoms with van der Waals surface area (Å²) >= 11 is 5.90. The second-order valence-electron chi connectivity index (χ2n) is 5.36. The molecule has 1 aromatic carbocycles. The van der Waals surface area contributed by atoms with Crippen molar-refractivity contribution in [3.63, 3.8) is 0 Å². The molecular formula is C13H17ClN4. The van der Waals surface area contributed by atoms with Gasteiger partial charge in [-0.15, -0.1) is 0 Å². The van der Waals surface area contributed by atoms with Gasteiger partial charge < -0.3 is 5.73 Å². The molecule has 0 aliphatic rings. The standard InChI is InChI=1S/C13H17ClN4/c1-13(2,3)12-16-11(18(4)17-12)9-6-5-8(14)7-10(9)15/h5-7H,15H2,1-4H3. The molecule has 0 bridgehead atoms. The highest BCUT2D eigenvalue weighted by molar-refractivity contribution is 6.31. The highest BCUT2D eigenvalue weighted by Gasteiger charge is 2.22. The highest BCUT2D eigenvalue weighted by atomic mass is 35.5. The Kier molecular flexibility index (Phi) is 3.07. The fraction of sp³-hybridized carbons (Fsp3) is 0.385. The smallest absolute Gasteiger partial charge is 0.160 e. The van der Waals surface area contributed by atoms with Gasteiger partial charge in [0.1, 0.15) is 0 Å². The summed E-state index contributed by atoms with van der Waals surface area (Å²) in [5.41, 5.74) is 7.35. The first-order chi connectivity index (χ1) is 8.29. The summed E-state index contributed by atoms with van der Waals surface area (Å²) in [7, 11) is 1.87. The number of halogens is 1. The normalized spacial score (nSPS) is 11.8. The Balaban J connectivity index is 2.55. The number of rotatable bonds is 1. The topological polar surface area (TPSA) is 56.7 Å². The number of aromatic nitrogens is 3. The number of anilines is 1. The van der Waals surface area contributed by atoms with E-state index >= 15 is 0 Å². The summed E-state index contributed by atoms with van der Waals surface area (Å²) < 4.78 is 1.75. The first-order valence-electron chi connectivity index (χ1n) is 5.76. The van der Waals surface area contributed by atoms with E-state index in [-0.39, 0.29) is 5.41 Å². The maximum Gasteiger partial charge on any atom is 0.160 e. The summed E-state index contributed by atoms with van der Waals surface area (Å²) in [6.07, 6.45) is 0. The molecule has 0 aliphatic heterocycles. The molecule has 0 spiro atoms. The second kappa shape index (κ2) is 4.28. The van der Waals surface area contributed by atoms with Gasteiger partial charge in [0.05, 0.1) is 0 Å². The zero-order chi connectivity index (χ0) is 13.5. The number of nitrogens with zero attached hydrogens (tertiary/aromatic N) is 3. The molecule has 0 unspecified atom stereocenters. The number of hydrogen-bond acceptors (Lipinski definition) is 3. The summed E-state index contributed by atoms with van der Waals surface area (Å²) in [5.74, 6) is 1.56. The molecule has 0 saturated carbocycles. The summed E-state index contributed by atoms with van der Waals surface area (Å²) in [6.45, 7) is 6.24. The lowest BCUT2D eigenvalue weighted by Gasteiger charge is -2.12. The Morgan fingerprint density at radius 1 is 1.28 bits per heavy atom. The summed E-state index contributed by atoms with van der Waals surface area (Å²) in [6, 6.07) is 5.40. The minimum absolute atomic E-state index is 0.0861. The van der Waals surface area contributed by atoms with E-state index in [2.05, 4.69) is 30.9 Å². The molecule has 18 heavy (non-hydrogen) atoms. The van der Waals surface area contributed by atoms with Crippen LogP contribution in [0.2, 0.25) is 5.02 Å². The Morgan fingerprint density at radius 3 is 2.44 bits per heavy atom. The van der Waals surface area contributed by atoms with Crippen LogP contribution < -0.4 is 5.73 Å². The number of benzene rings is 1. The highest BCUT2D eigenvalue weighted by Crippen LogP contribution is 2.28. The van der Waals surface area contributed by atoms with Crippen molar-refractivity contribution in [2.75, 3.05) is 5.73 Å². The van der Waals surface area contributed by atoms with Gasteiger partial charge in [0, 0.05) is 28.7 Å². The third kappa shape index (κ3) is 2.34. The van der Waals surface area contributed by atoms with Crippen LogP contribution in [0.15, 0.2) is 18.2 Å². The fourth-order valence-electron chi connectivity index (χ4n) is 1.67. The van der Waals surface area contributed by atoms with E-state index in [9.17, 15) is 0 Å². The number of hydrogen-bond donors (Lipinski definition) is 1. The lowest BCUT2D eigenvalue weighted by atomic mass is 9.96. The Hall–Kier alpha value is -1.55. The molecule has 1 aromatic heterocycles. The van der Waals surface area contributed by atoms with Crippen molar-refractivity contribution in [1.29, 1.82) is 0 Å². The van der Waals surface area contributed by atoms with Crippen molar-refractivity contribution >= 4 is 17.3 Å². The molecule has 1 heterocycles. The zero-order valence-electron chi connectivity index (χ0n) is 11.0. The van der Waals surface area contributed by atoms with Gasteiger partial charge in [-0.05, 0) is 18.2 Å². The van der Waals surface area contributed by atoms with Crippen molar-refractivity contribution in [1.82, 2.24) is 14.8 Å². The van der Waals surface area contributed by atoms with Crippen LogP contribution in [-0.4, -0.2) is 14.8 Å². The van der Waals surface area contributed by atoms with Crippen LogP contribution in [0.4, 0.5) is 5.69 Å². The van der Waals surface area contributed by atoms with Crippen molar-refractivity contribution in [2.24, 2.45) is 7.05 Å². The Labute approximate surface area is 112 Å². The van der Waals surface area contributed by atoms with Gasteiger partial charge >= 0.3 is 0 Å². The molecular weight excluding hydrogens is 248 g/mol. The van der Waals surface area contributed by atoms with Crippen LogP contribution in [0.1, 0.15) is 26.6 Å². The molecule has 96 valence electrons. The average Bonchev–Trinajstić information content (AvgIpc) is 2.60.